The highest BCUT2D eigenvalue weighted by Gasteiger charge is 2.23. The molecular formula is C19H21N3O5S. The fraction of sp³-hybridized carbons (Fsp3) is 0.263. The number of rotatable bonds is 6. The average molecular weight is 403 g/mol. The molecule has 1 aliphatic heterocycles. The number of nitrogens with one attached hydrogen (secondary N) is 1. The lowest BCUT2D eigenvalue weighted by molar-refractivity contribution is -0.122. The molecule has 1 heterocycles. The topological polar surface area (TPSA) is 119 Å². The molecule has 9 heteroatoms. The van der Waals surface area contributed by atoms with Crippen molar-refractivity contribution in [3.05, 3.63) is 54.1 Å². The smallest absolute Gasteiger partial charge is 0.227 e. The number of hydrogen-bond donors (Lipinski definition) is 2. The average Bonchev–Trinajstić information content (AvgIpc) is 2.66. The molecule has 2 amide bonds. The van der Waals surface area contributed by atoms with E-state index in [0.717, 1.165) is 0 Å². The fourth-order valence-corrected chi connectivity index (χ4v) is 3.58. The van der Waals surface area contributed by atoms with Crippen molar-refractivity contribution in [1.29, 1.82) is 0 Å². The number of hydrogen-bond acceptors (Lipinski definition) is 5. The van der Waals surface area contributed by atoms with E-state index < -0.39 is 10.0 Å². The Morgan fingerprint density at radius 1 is 1.07 bits per heavy atom. The summed E-state index contributed by atoms with van der Waals surface area (Å²) >= 11 is 0. The van der Waals surface area contributed by atoms with Gasteiger partial charge >= 0.3 is 0 Å². The van der Waals surface area contributed by atoms with Crippen LogP contribution in [0, 0.1) is 0 Å². The molecule has 1 aliphatic rings. The van der Waals surface area contributed by atoms with E-state index in [1.54, 1.807) is 35.2 Å². The summed E-state index contributed by atoms with van der Waals surface area (Å²) < 4.78 is 27.7. The first-order valence-electron chi connectivity index (χ1n) is 8.73. The summed E-state index contributed by atoms with van der Waals surface area (Å²) in [5, 5.41) is 7.70. The SMILES string of the molecule is NS(=O)(=O)Cc1ccc(NC(=O)CCC(=O)N2CCOc3ccccc32)cc1. The van der Waals surface area contributed by atoms with Gasteiger partial charge in [0, 0.05) is 18.5 Å². The summed E-state index contributed by atoms with van der Waals surface area (Å²) in [4.78, 5) is 26.3. The van der Waals surface area contributed by atoms with E-state index in [1.807, 2.05) is 18.2 Å². The standard InChI is InChI=1S/C19H21N3O5S/c20-28(25,26)13-14-5-7-15(8-6-14)21-18(23)9-10-19(24)22-11-12-27-17-4-2-1-3-16(17)22/h1-8H,9-13H2,(H,21,23)(H2,20,25,26). The van der Waals surface area contributed by atoms with Crippen LogP contribution in [0.5, 0.6) is 5.75 Å². The molecule has 28 heavy (non-hydrogen) atoms. The number of benzene rings is 2. The second-order valence-corrected chi connectivity index (χ2v) is 8.03. The van der Waals surface area contributed by atoms with E-state index >= 15 is 0 Å². The van der Waals surface area contributed by atoms with Gasteiger partial charge in [0.25, 0.3) is 0 Å². The van der Waals surface area contributed by atoms with Gasteiger partial charge in [0.1, 0.15) is 12.4 Å². The highest BCUT2D eigenvalue weighted by molar-refractivity contribution is 7.88. The fourth-order valence-electron chi connectivity index (χ4n) is 2.92. The summed E-state index contributed by atoms with van der Waals surface area (Å²) in [5.41, 5.74) is 1.76. The molecule has 0 spiro atoms. The molecule has 8 nitrogen and oxygen atoms in total. The Hall–Kier alpha value is -2.91. The largest absolute Gasteiger partial charge is 0.490 e. The Kier molecular flexibility index (Phi) is 5.96. The molecule has 2 aromatic rings. The van der Waals surface area contributed by atoms with E-state index in [4.69, 9.17) is 9.88 Å². The zero-order valence-electron chi connectivity index (χ0n) is 15.1. The van der Waals surface area contributed by atoms with Crippen molar-refractivity contribution < 1.29 is 22.7 Å². The number of sulfonamides is 1. The second kappa shape index (κ2) is 8.41. The Morgan fingerprint density at radius 2 is 1.79 bits per heavy atom. The van der Waals surface area contributed by atoms with Crippen LogP contribution in [0.4, 0.5) is 11.4 Å². The van der Waals surface area contributed by atoms with E-state index in [9.17, 15) is 18.0 Å². The maximum Gasteiger partial charge on any atom is 0.227 e. The van der Waals surface area contributed by atoms with Crippen molar-refractivity contribution in [3.63, 3.8) is 0 Å². The Labute approximate surface area is 163 Å². The molecule has 0 radical (unpaired) electrons. The van der Waals surface area contributed by atoms with Crippen molar-refractivity contribution in [3.8, 4) is 5.75 Å². The normalized spacial score (nSPS) is 13.4. The number of primary sulfonamides is 1. The van der Waals surface area contributed by atoms with Crippen molar-refractivity contribution in [2.45, 2.75) is 18.6 Å². The number of para-hydroxylation sites is 2. The van der Waals surface area contributed by atoms with Gasteiger partial charge in [-0.25, -0.2) is 13.6 Å². The van der Waals surface area contributed by atoms with Crippen molar-refractivity contribution >= 4 is 33.2 Å². The third-order valence-electron chi connectivity index (χ3n) is 4.20. The first-order chi connectivity index (χ1) is 13.3. The van der Waals surface area contributed by atoms with Crippen LogP contribution in [0.2, 0.25) is 0 Å². The Balaban J connectivity index is 1.53. The van der Waals surface area contributed by atoms with Crippen LogP contribution in [0.25, 0.3) is 0 Å². The molecule has 0 saturated carbocycles. The monoisotopic (exact) mass is 403 g/mol. The minimum Gasteiger partial charge on any atom is -0.490 e. The minimum absolute atomic E-state index is 0.0390. The molecule has 148 valence electrons. The summed E-state index contributed by atoms with van der Waals surface area (Å²) in [6.07, 6.45) is 0.112. The van der Waals surface area contributed by atoms with Gasteiger partial charge in [-0.05, 0) is 29.8 Å². The maximum absolute atomic E-state index is 12.5. The summed E-state index contributed by atoms with van der Waals surface area (Å²) in [5.74, 6) is -0.0499. The van der Waals surface area contributed by atoms with Gasteiger partial charge in [-0.1, -0.05) is 24.3 Å². The van der Waals surface area contributed by atoms with Crippen LogP contribution in [-0.2, 0) is 25.4 Å². The Morgan fingerprint density at radius 3 is 2.50 bits per heavy atom. The number of carbonyl (C=O) groups is 2. The van der Waals surface area contributed by atoms with E-state index in [-0.39, 0.29) is 30.4 Å². The summed E-state index contributed by atoms with van der Waals surface area (Å²) in [6, 6.07) is 13.6. The number of fused-ring (bicyclic) bond motifs is 1. The van der Waals surface area contributed by atoms with Crippen molar-refractivity contribution in [2.24, 2.45) is 5.14 Å². The molecular weight excluding hydrogens is 382 g/mol. The van der Waals surface area contributed by atoms with Crippen LogP contribution < -0.4 is 20.1 Å². The molecule has 0 aliphatic carbocycles. The van der Waals surface area contributed by atoms with E-state index in [0.29, 0.717) is 35.8 Å². The quantitative estimate of drug-likeness (QED) is 0.760. The molecule has 3 N–H and O–H groups in total. The van der Waals surface area contributed by atoms with Gasteiger partial charge in [-0.3, -0.25) is 9.59 Å². The molecule has 2 aromatic carbocycles. The lowest BCUT2D eigenvalue weighted by atomic mass is 10.2. The van der Waals surface area contributed by atoms with Crippen LogP contribution in [0.1, 0.15) is 18.4 Å². The van der Waals surface area contributed by atoms with Crippen LogP contribution >= 0.6 is 0 Å². The second-order valence-electron chi connectivity index (χ2n) is 6.41. The number of carbonyl (C=O) groups excluding carboxylic acids is 2. The highest BCUT2D eigenvalue weighted by atomic mass is 32.2. The number of nitrogens with zero attached hydrogens (tertiary/aromatic N) is 1. The third kappa shape index (κ3) is 5.30. The number of anilines is 2. The third-order valence-corrected chi connectivity index (χ3v) is 4.94. The lowest BCUT2D eigenvalue weighted by Crippen LogP contribution is -2.38. The highest BCUT2D eigenvalue weighted by Crippen LogP contribution is 2.31. The van der Waals surface area contributed by atoms with Crippen molar-refractivity contribution in [2.75, 3.05) is 23.4 Å². The number of amides is 2. The van der Waals surface area contributed by atoms with Gasteiger partial charge < -0.3 is 15.0 Å². The zero-order valence-corrected chi connectivity index (χ0v) is 15.9. The van der Waals surface area contributed by atoms with E-state index in [1.165, 1.54) is 0 Å². The number of nitrogens with two attached hydrogens (primary N) is 1. The van der Waals surface area contributed by atoms with Crippen LogP contribution in [0.15, 0.2) is 48.5 Å². The van der Waals surface area contributed by atoms with Gasteiger partial charge in [0.05, 0.1) is 18.0 Å². The summed E-state index contributed by atoms with van der Waals surface area (Å²) in [7, 11) is -3.60. The molecule has 3 rings (SSSR count). The predicted octanol–water partition coefficient (Wildman–Crippen LogP) is 1.62. The van der Waals surface area contributed by atoms with Gasteiger partial charge in [-0.15, -0.1) is 0 Å². The van der Waals surface area contributed by atoms with Gasteiger partial charge in [0.15, 0.2) is 0 Å². The zero-order chi connectivity index (χ0) is 20.1. The first-order valence-corrected chi connectivity index (χ1v) is 10.4. The summed E-state index contributed by atoms with van der Waals surface area (Å²) in [6.45, 7) is 0.864. The van der Waals surface area contributed by atoms with Crippen molar-refractivity contribution in [1.82, 2.24) is 0 Å². The molecule has 0 atom stereocenters. The Bertz CT molecular complexity index is 973. The minimum atomic E-state index is -3.60. The predicted molar refractivity (Wildman–Crippen MR) is 105 cm³/mol. The van der Waals surface area contributed by atoms with Gasteiger partial charge in [0.2, 0.25) is 21.8 Å². The lowest BCUT2D eigenvalue weighted by Gasteiger charge is -2.29. The van der Waals surface area contributed by atoms with Crippen LogP contribution in [0.3, 0.4) is 0 Å². The molecule has 0 unspecified atom stereocenters. The van der Waals surface area contributed by atoms with Crippen LogP contribution in [-0.4, -0.2) is 33.4 Å². The maximum atomic E-state index is 12.5. The van der Waals surface area contributed by atoms with E-state index in [2.05, 4.69) is 5.32 Å². The number of ether oxygens (including phenoxy) is 1. The molecule has 0 fully saturated rings. The molecule has 0 aromatic heterocycles. The molecule has 0 saturated heterocycles. The molecule has 0 bridgehead atoms. The first kappa shape index (κ1) is 19.8. The van der Waals surface area contributed by atoms with Gasteiger partial charge in [-0.2, -0.15) is 0 Å².